The minimum absolute atomic E-state index is 0.199. The Kier molecular flexibility index (Phi) is 4.11. The molecule has 0 radical (unpaired) electrons. The van der Waals surface area contributed by atoms with Crippen molar-refractivity contribution in [3.05, 3.63) is 27.0 Å². The van der Waals surface area contributed by atoms with Crippen LogP contribution in [0.5, 0.6) is 0 Å². The molecule has 0 amide bonds. The molecule has 1 aliphatic carbocycles. The van der Waals surface area contributed by atoms with Crippen LogP contribution in [0, 0.1) is 0 Å². The van der Waals surface area contributed by atoms with E-state index in [0.29, 0.717) is 12.6 Å². The molecule has 1 fully saturated rings. The van der Waals surface area contributed by atoms with Gasteiger partial charge in [-0.3, -0.25) is 9.36 Å². The fourth-order valence-electron chi connectivity index (χ4n) is 1.79. The first-order valence-corrected chi connectivity index (χ1v) is 7.81. The van der Waals surface area contributed by atoms with Crippen molar-refractivity contribution < 1.29 is 8.42 Å². The van der Waals surface area contributed by atoms with Gasteiger partial charge >= 0.3 is 5.69 Å². The van der Waals surface area contributed by atoms with Crippen molar-refractivity contribution in [1.29, 1.82) is 0 Å². The van der Waals surface area contributed by atoms with Crippen molar-refractivity contribution in [3.63, 3.8) is 0 Å². The van der Waals surface area contributed by atoms with Crippen LogP contribution in [0.3, 0.4) is 0 Å². The molecule has 8 nitrogen and oxygen atoms in total. The normalized spacial score (nSPS) is 15.5. The van der Waals surface area contributed by atoms with E-state index in [-0.39, 0.29) is 6.54 Å². The molecule has 0 unspecified atom stereocenters. The summed E-state index contributed by atoms with van der Waals surface area (Å²) in [4.78, 5) is 22.9. The van der Waals surface area contributed by atoms with Crippen LogP contribution in [0.1, 0.15) is 12.8 Å². The van der Waals surface area contributed by atoms with Crippen LogP contribution < -0.4 is 21.3 Å². The summed E-state index contributed by atoms with van der Waals surface area (Å²) in [5.41, 5.74) is -1.39. The summed E-state index contributed by atoms with van der Waals surface area (Å²) < 4.78 is 28.3. The number of hydrogen-bond acceptors (Lipinski definition) is 5. The van der Waals surface area contributed by atoms with Gasteiger partial charge in [0.15, 0.2) is 4.90 Å². The van der Waals surface area contributed by atoms with E-state index in [2.05, 4.69) is 10.0 Å². The molecular formula is C11H18N4O4S. The molecule has 0 bridgehead atoms. The Morgan fingerprint density at radius 3 is 2.50 bits per heavy atom. The van der Waals surface area contributed by atoms with Gasteiger partial charge in [0.25, 0.3) is 5.56 Å². The van der Waals surface area contributed by atoms with Crippen LogP contribution in [-0.4, -0.2) is 36.7 Å². The van der Waals surface area contributed by atoms with Gasteiger partial charge in [-0.25, -0.2) is 17.9 Å². The maximum absolute atomic E-state index is 12.1. The smallest absolute Gasteiger partial charge is 0.313 e. The SMILES string of the molecule is Cn1cc(S(=O)(=O)NCCNC2CC2)c(=O)n(C)c1=O. The largest absolute Gasteiger partial charge is 0.330 e. The Morgan fingerprint density at radius 1 is 1.25 bits per heavy atom. The summed E-state index contributed by atoms with van der Waals surface area (Å²) in [7, 11) is -1.27. The van der Waals surface area contributed by atoms with Gasteiger partial charge in [-0.2, -0.15) is 0 Å². The highest BCUT2D eigenvalue weighted by atomic mass is 32.2. The summed E-state index contributed by atoms with van der Waals surface area (Å²) in [6.07, 6.45) is 3.28. The average Bonchev–Trinajstić information content (AvgIpc) is 3.20. The molecule has 0 aliphatic heterocycles. The Bertz CT molecular complexity index is 715. The minimum atomic E-state index is -3.91. The molecule has 1 heterocycles. The second kappa shape index (κ2) is 5.51. The van der Waals surface area contributed by atoms with Crippen LogP contribution in [0.2, 0.25) is 0 Å². The first-order valence-electron chi connectivity index (χ1n) is 6.32. The first kappa shape index (κ1) is 14.9. The Balaban J connectivity index is 2.16. The molecule has 1 aliphatic rings. The van der Waals surface area contributed by atoms with Crippen LogP contribution >= 0.6 is 0 Å². The van der Waals surface area contributed by atoms with Crippen molar-refractivity contribution >= 4 is 10.0 Å². The zero-order chi connectivity index (χ0) is 14.9. The Morgan fingerprint density at radius 2 is 1.90 bits per heavy atom. The number of sulfonamides is 1. The van der Waals surface area contributed by atoms with Gasteiger partial charge in [-0.15, -0.1) is 0 Å². The van der Waals surface area contributed by atoms with Crippen LogP contribution in [-0.2, 0) is 24.1 Å². The predicted octanol–water partition coefficient (Wildman–Crippen LogP) is -1.89. The summed E-state index contributed by atoms with van der Waals surface area (Å²) in [6.45, 7) is 0.709. The molecule has 2 N–H and O–H groups in total. The minimum Gasteiger partial charge on any atom is -0.313 e. The van der Waals surface area contributed by atoms with Gasteiger partial charge in [-0.1, -0.05) is 0 Å². The molecule has 1 aromatic rings. The number of aryl methyl sites for hydroxylation is 1. The van der Waals surface area contributed by atoms with Crippen molar-refractivity contribution in [1.82, 2.24) is 19.2 Å². The molecule has 9 heteroatoms. The molecule has 0 aromatic carbocycles. The van der Waals surface area contributed by atoms with E-state index < -0.39 is 26.2 Å². The van der Waals surface area contributed by atoms with E-state index in [4.69, 9.17) is 0 Å². The van der Waals surface area contributed by atoms with Crippen molar-refractivity contribution in [2.75, 3.05) is 13.1 Å². The van der Waals surface area contributed by atoms with Gasteiger partial charge in [0.05, 0.1) is 0 Å². The van der Waals surface area contributed by atoms with Crippen molar-refractivity contribution in [2.45, 2.75) is 23.8 Å². The third-order valence-electron chi connectivity index (χ3n) is 3.13. The van der Waals surface area contributed by atoms with Crippen LogP contribution in [0.25, 0.3) is 0 Å². The highest BCUT2D eigenvalue weighted by Gasteiger charge is 2.22. The summed E-state index contributed by atoms with van der Waals surface area (Å²) in [5, 5.41) is 3.16. The van der Waals surface area contributed by atoms with Gasteiger partial charge in [0.1, 0.15) is 0 Å². The lowest BCUT2D eigenvalue weighted by Crippen LogP contribution is -2.42. The quantitative estimate of drug-likeness (QED) is 0.599. The Labute approximate surface area is 116 Å². The van der Waals surface area contributed by atoms with Gasteiger partial charge in [-0.05, 0) is 12.8 Å². The zero-order valence-electron chi connectivity index (χ0n) is 11.4. The van der Waals surface area contributed by atoms with Crippen molar-refractivity contribution in [3.8, 4) is 0 Å². The monoisotopic (exact) mass is 302 g/mol. The molecule has 112 valence electrons. The molecular weight excluding hydrogens is 284 g/mol. The van der Waals surface area contributed by atoms with Crippen LogP contribution in [0.15, 0.2) is 20.7 Å². The van der Waals surface area contributed by atoms with E-state index in [9.17, 15) is 18.0 Å². The lowest BCUT2D eigenvalue weighted by Gasteiger charge is -2.09. The van der Waals surface area contributed by atoms with E-state index in [0.717, 1.165) is 28.2 Å². The van der Waals surface area contributed by atoms with Crippen LogP contribution in [0.4, 0.5) is 0 Å². The molecule has 2 rings (SSSR count). The topological polar surface area (TPSA) is 102 Å². The lowest BCUT2D eigenvalue weighted by atomic mass is 10.6. The molecule has 0 atom stereocenters. The lowest BCUT2D eigenvalue weighted by molar-refractivity contribution is 0.566. The van der Waals surface area contributed by atoms with Gasteiger partial charge < -0.3 is 9.88 Å². The standard InChI is InChI=1S/C11H18N4O4S/c1-14-7-9(10(16)15(2)11(14)17)20(18,19)13-6-5-12-8-3-4-8/h7-8,12-13H,3-6H2,1-2H3. The Hall–Kier alpha value is -1.45. The van der Waals surface area contributed by atoms with E-state index in [1.165, 1.54) is 14.1 Å². The second-order valence-corrected chi connectivity index (χ2v) is 6.61. The van der Waals surface area contributed by atoms with Gasteiger partial charge in [0, 0.05) is 39.4 Å². The third-order valence-corrected chi connectivity index (χ3v) is 4.58. The molecule has 0 saturated heterocycles. The second-order valence-electron chi connectivity index (χ2n) is 4.88. The molecule has 0 spiro atoms. The fourth-order valence-corrected chi connectivity index (χ4v) is 2.98. The maximum Gasteiger partial charge on any atom is 0.330 e. The number of nitrogens with one attached hydrogen (secondary N) is 2. The number of rotatable bonds is 6. The zero-order valence-corrected chi connectivity index (χ0v) is 12.2. The summed E-state index contributed by atoms with van der Waals surface area (Å²) in [5.74, 6) is 0. The average molecular weight is 302 g/mol. The van der Waals surface area contributed by atoms with Gasteiger partial charge in [0.2, 0.25) is 10.0 Å². The number of aromatic nitrogens is 2. The van der Waals surface area contributed by atoms with E-state index in [1.54, 1.807) is 0 Å². The highest BCUT2D eigenvalue weighted by Crippen LogP contribution is 2.17. The predicted molar refractivity (Wildman–Crippen MR) is 73.1 cm³/mol. The molecule has 1 aromatic heterocycles. The highest BCUT2D eigenvalue weighted by molar-refractivity contribution is 7.89. The molecule has 1 saturated carbocycles. The van der Waals surface area contributed by atoms with E-state index in [1.807, 2.05) is 0 Å². The van der Waals surface area contributed by atoms with Crippen molar-refractivity contribution in [2.24, 2.45) is 14.1 Å². The number of hydrogen-bond donors (Lipinski definition) is 2. The maximum atomic E-state index is 12.1. The fraction of sp³-hybridized carbons (Fsp3) is 0.636. The first-order chi connectivity index (χ1) is 9.33. The van der Waals surface area contributed by atoms with E-state index >= 15 is 0 Å². The molecule has 20 heavy (non-hydrogen) atoms. The third kappa shape index (κ3) is 3.17. The summed E-state index contributed by atoms with van der Waals surface area (Å²) in [6, 6.07) is 0.491. The summed E-state index contributed by atoms with van der Waals surface area (Å²) >= 11 is 0. The number of nitrogens with zero attached hydrogens (tertiary/aromatic N) is 2.